The Morgan fingerprint density at radius 1 is 1.57 bits per heavy atom. The molecule has 0 radical (unpaired) electrons. The van der Waals surface area contributed by atoms with E-state index < -0.39 is 0 Å². The average Bonchev–Trinajstić information content (AvgIpc) is 3.21. The zero-order valence-electron chi connectivity index (χ0n) is 11.7. The zero-order valence-corrected chi connectivity index (χ0v) is 12.5. The van der Waals surface area contributed by atoms with E-state index in [4.69, 9.17) is 4.52 Å². The molecule has 1 aliphatic heterocycles. The molecule has 1 saturated heterocycles. The lowest BCUT2D eigenvalue weighted by atomic mass is 10.2. The number of hydrogen-bond donors (Lipinski definition) is 2. The summed E-state index contributed by atoms with van der Waals surface area (Å²) in [5.41, 5.74) is 0. The second-order valence-electron chi connectivity index (χ2n) is 5.05. The van der Waals surface area contributed by atoms with Crippen LogP contribution in [-0.4, -0.2) is 35.2 Å². The van der Waals surface area contributed by atoms with E-state index in [1.54, 1.807) is 11.3 Å². The van der Waals surface area contributed by atoms with Gasteiger partial charge in [0.2, 0.25) is 11.8 Å². The van der Waals surface area contributed by atoms with Crippen molar-refractivity contribution in [3.8, 4) is 0 Å². The molecule has 2 N–H and O–H groups in total. The van der Waals surface area contributed by atoms with Gasteiger partial charge in [0.1, 0.15) is 0 Å². The molecule has 6 nitrogen and oxygen atoms in total. The molecular formula is C14H18N4O2S. The smallest absolute Gasteiger partial charge is 0.237 e. The Labute approximate surface area is 126 Å². The fraction of sp³-hybridized carbons (Fsp3) is 0.500. The molecule has 112 valence electrons. The van der Waals surface area contributed by atoms with Crippen molar-refractivity contribution in [3.05, 3.63) is 34.1 Å². The highest BCUT2D eigenvalue weighted by molar-refractivity contribution is 7.09. The number of carbonyl (C=O) groups is 1. The summed E-state index contributed by atoms with van der Waals surface area (Å²) in [4.78, 5) is 17.4. The third kappa shape index (κ3) is 3.89. The molecule has 3 rings (SSSR count). The van der Waals surface area contributed by atoms with Crippen LogP contribution in [0.4, 0.5) is 0 Å². The number of aromatic nitrogens is 2. The number of hydrogen-bond acceptors (Lipinski definition) is 6. The number of carbonyl (C=O) groups excluding carboxylic acids is 1. The molecule has 3 heterocycles. The monoisotopic (exact) mass is 306 g/mol. The summed E-state index contributed by atoms with van der Waals surface area (Å²) in [5.74, 6) is 1.32. The standard InChI is InChI=1S/C14H18N4O2S/c19-14(11-4-1-6-15-11)16-7-5-13-17-12(18-20-13)9-10-3-2-8-21-10/h2-3,8,11,15H,1,4-7,9H2,(H,16,19). The van der Waals surface area contributed by atoms with Crippen LogP contribution < -0.4 is 10.6 Å². The Kier molecular flexibility index (Phi) is 4.62. The maximum atomic E-state index is 11.8. The highest BCUT2D eigenvalue weighted by Gasteiger charge is 2.21. The van der Waals surface area contributed by atoms with Gasteiger partial charge in [-0.15, -0.1) is 11.3 Å². The van der Waals surface area contributed by atoms with Crippen molar-refractivity contribution < 1.29 is 9.32 Å². The molecule has 0 saturated carbocycles. The minimum Gasteiger partial charge on any atom is -0.354 e. The Bertz CT molecular complexity index is 576. The van der Waals surface area contributed by atoms with E-state index in [0.29, 0.717) is 31.1 Å². The molecule has 0 aromatic carbocycles. The first-order valence-electron chi connectivity index (χ1n) is 7.16. The van der Waals surface area contributed by atoms with Crippen LogP contribution in [0.25, 0.3) is 0 Å². The van der Waals surface area contributed by atoms with Crippen LogP contribution in [-0.2, 0) is 17.6 Å². The molecule has 7 heteroatoms. The van der Waals surface area contributed by atoms with Crippen LogP contribution in [0.1, 0.15) is 29.4 Å². The minimum atomic E-state index is -0.0397. The van der Waals surface area contributed by atoms with Crippen molar-refractivity contribution in [2.24, 2.45) is 0 Å². The zero-order chi connectivity index (χ0) is 14.5. The van der Waals surface area contributed by atoms with Gasteiger partial charge in [-0.1, -0.05) is 11.2 Å². The fourth-order valence-electron chi connectivity index (χ4n) is 2.36. The number of nitrogens with zero attached hydrogens (tertiary/aromatic N) is 2. The van der Waals surface area contributed by atoms with E-state index in [2.05, 4.69) is 26.8 Å². The first kappa shape index (κ1) is 14.2. The Morgan fingerprint density at radius 3 is 3.29 bits per heavy atom. The Morgan fingerprint density at radius 2 is 2.52 bits per heavy atom. The maximum absolute atomic E-state index is 11.8. The van der Waals surface area contributed by atoms with E-state index >= 15 is 0 Å². The number of thiophene rings is 1. The molecule has 1 unspecified atom stereocenters. The minimum absolute atomic E-state index is 0.0397. The summed E-state index contributed by atoms with van der Waals surface area (Å²) in [7, 11) is 0. The SMILES string of the molecule is O=C(NCCc1nc(Cc2cccs2)no1)C1CCCN1. The first-order chi connectivity index (χ1) is 10.3. The van der Waals surface area contributed by atoms with Gasteiger partial charge in [-0.25, -0.2) is 0 Å². The maximum Gasteiger partial charge on any atom is 0.237 e. The van der Waals surface area contributed by atoms with Gasteiger partial charge in [0, 0.05) is 24.3 Å². The fourth-order valence-corrected chi connectivity index (χ4v) is 3.06. The molecular weight excluding hydrogens is 288 g/mol. The van der Waals surface area contributed by atoms with Gasteiger partial charge in [0.25, 0.3) is 0 Å². The van der Waals surface area contributed by atoms with Gasteiger partial charge in [-0.2, -0.15) is 4.98 Å². The number of amides is 1. The van der Waals surface area contributed by atoms with Crippen molar-refractivity contribution >= 4 is 17.2 Å². The van der Waals surface area contributed by atoms with Gasteiger partial charge in [0.15, 0.2) is 5.82 Å². The highest BCUT2D eigenvalue weighted by Crippen LogP contribution is 2.12. The predicted molar refractivity (Wildman–Crippen MR) is 79.2 cm³/mol. The van der Waals surface area contributed by atoms with Gasteiger partial charge in [-0.3, -0.25) is 4.79 Å². The van der Waals surface area contributed by atoms with Gasteiger partial charge in [0.05, 0.1) is 6.04 Å². The molecule has 0 aliphatic carbocycles. The lowest BCUT2D eigenvalue weighted by Gasteiger charge is -2.09. The van der Waals surface area contributed by atoms with Crippen molar-refractivity contribution in [2.75, 3.05) is 13.1 Å². The number of nitrogens with one attached hydrogen (secondary N) is 2. The lowest BCUT2D eigenvalue weighted by Crippen LogP contribution is -2.41. The highest BCUT2D eigenvalue weighted by atomic mass is 32.1. The first-order valence-corrected chi connectivity index (χ1v) is 8.04. The average molecular weight is 306 g/mol. The van der Waals surface area contributed by atoms with Crippen molar-refractivity contribution in [1.29, 1.82) is 0 Å². The molecule has 1 atom stereocenters. The molecule has 2 aromatic heterocycles. The van der Waals surface area contributed by atoms with Crippen LogP contribution in [0.3, 0.4) is 0 Å². The topological polar surface area (TPSA) is 80.1 Å². The summed E-state index contributed by atoms with van der Waals surface area (Å²) in [5, 5.41) is 12.1. The Hall–Kier alpha value is -1.73. The summed E-state index contributed by atoms with van der Waals surface area (Å²) in [6, 6.07) is 4.02. The van der Waals surface area contributed by atoms with Crippen molar-refractivity contribution in [2.45, 2.75) is 31.7 Å². The number of rotatable bonds is 6. The van der Waals surface area contributed by atoms with Gasteiger partial charge in [-0.05, 0) is 30.8 Å². The second kappa shape index (κ2) is 6.82. The van der Waals surface area contributed by atoms with E-state index in [1.165, 1.54) is 4.88 Å². The van der Waals surface area contributed by atoms with Crippen molar-refractivity contribution in [3.63, 3.8) is 0 Å². The molecule has 1 amide bonds. The van der Waals surface area contributed by atoms with Crippen LogP contribution in [0, 0.1) is 0 Å². The quantitative estimate of drug-likeness (QED) is 0.836. The van der Waals surface area contributed by atoms with E-state index in [9.17, 15) is 4.79 Å². The molecule has 2 aromatic rings. The summed E-state index contributed by atoms with van der Waals surface area (Å²) >= 11 is 1.68. The lowest BCUT2D eigenvalue weighted by molar-refractivity contribution is -0.122. The van der Waals surface area contributed by atoms with E-state index in [1.807, 2.05) is 11.4 Å². The molecule has 1 aliphatic rings. The van der Waals surface area contributed by atoms with Gasteiger partial charge < -0.3 is 15.2 Å². The van der Waals surface area contributed by atoms with Crippen LogP contribution in [0.5, 0.6) is 0 Å². The van der Waals surface area contributed by atoms with E-state index in [-0.39, 0.29) is 11.9 Å². The molecule has 21 heavy (non-hydrogen) atoms. The third-order valence-electron chi connectivity index (χ3n) is 3.44. The van der Waals surface area contributed by atoms with Gasteiger partial charge >= 0.3 is 0 Å². The van der Waals surface area contributed by atoms with Crippen LogP contribution >= 0.6 is 11.3 Å². The van der Waals surface area contributed by atoms with Crippen molar-refractivity contribution in [1.82, 2.24) is 20.8 Å². The summed E-state index contributed by atoms with van der Waals surface area (Å²) < 4.78 is 5.20. The molecule has 0 spiro atoms. The van der Waals surface area contributed by atoms with E-state index in [0.717, 1.165) is 19.4 Å². The predicted octanol–water partition coefficient (Wildman–Crippen LogP) is 1.13. The van der Waals surface area contributed by atoms with Crippen LogP contribution in [0.2, 0.25) is 0 Å². The normalized spacial score (nSPS) is 18.0. The summed E-state index contributed by atoms with van der Waals surface area (Å²) in [6.45, 7) is 1.45. The second-order valence-corrected chi connectivity index (χ2v) is 6.08. The third-order valence-corrected chi connectivity index (χ3v) is 4.31. The summed E-state index contributed by atoms with van der Waals surface area (Å²) in [6.07, 6.45) is 3.24. The van der Waals surface area contributed by atoms with Crippen LogP contribution in [0.15, 0.2) is 22.0 Å². The molecule has 0 bridgehead atoms. The largest absolute Gasteiger partial charge is 0.354 e. The Balaban J connectivity index is 1.43. The molecule has 1 fully saturated rings.